The van der Waals surface area contributed by atoms with E-state index in [9.17, 15) is 9.90 Å². The number of benzene rings is 1. The van der Waals surface area contributed by atoms with Crippen molar-refractivity contribution in [3.8, 4) is 11.5 Å². The van der Waals surface area contributed by atoms with Gasteiger partial charge in [0.1, 0.15) is 0 Å². The molecule has 0 bridgehead atoms. The number of amides is 1. The Labute approximate surface area is 107 Å². The van der Waals surface area contributed by atoms with E-state index < -0.39 is 0 Å². The number of carbonyl (C=O) groups is 1. The molecule has 1 fully saturated rings. The lowest BCUT2D eigenvalue weighted by atomic mass is 10.0. The maximum atomic E-state index is 12.3. The van der Waals surface area contributed by atoms with Gasteiger partial charge in [-0.2, -0.15) is 0 Å². The molecule has 1 amide bonds. The molecule has 1 atom stereocenters. The molecule has 0 aromatic heterocycles. The molecule has 0 radical (unpaired) electrons. The van der Waals surface area contributed by atoms with Crippen molar-refractivity contribution in [3.63, 3.8) is 0 Å². The Morgan fingerprint density at radius 2 is 2.22 bits per heavy atom. The molecule has 98 valence electrons. The highest BCUT2D eigenvalue weighted by Crippen LogP contribution is 2.28. The van der Waals surface area contributed by atoms with E-state index in [2.05, 4.69) is 6.92 Å². The van der Waals surface area contributed by atoms with Crippen molar-refractivity contribution in [1.29, 1.82) is 0 Å². The van der Waals surface area contributed by atoms with Crippen LogP contribution < -0.4 is 4.74 Å². The van der Waals surface area contributed by atoms with Gasteiger partial charge < -0.3 is 14.7 Å². The number of ether oxygens (including phenoxy) is 1. The minimum Gasteiger partial charge on any atom is -0.504 e. The second kappa shape index (κ2) is 5.29. The lowest BCUT2D eigenvalue weighted by molar-refractivity contribution is 0.0635. The van der Waals surface area contributed by atoms with E-state index in [1.165, 1.54) is 19.6 Å². The van der Waals surface area contributed by atoms with Gasteiger partial charge in [-0.05, 0) is 44.4 Å². The minimum atomic E-state index is -0.0137. The van der Waals surface area contributed by atoms with Gasteiger partial charge in [-0.1, -0.05) is 0 Å². The molecule has 0 saturated carbocycles. The fourth-order valence-corrected chi connectivity index (χ4v) is 2.39. The highest BCUT2D eigenvalue weighted by molar-refractivity contribution is 5.95. The number of phenolic OH excluding ortho intramolecular Hbond substituents is 1. The molecule has 1 aromatic rings. The number of aromatic hydroxyl groups is 1. The zero-order valence-corrected chi connectivity index (χ0v) is 10.8. The number of hydrogen-bond acceptors (Lipinski definition) is 3. The fourth-order valence-electron chi connectivity index (χ4n) is 2.39. The fraction of sp³-hybridized carbons (Fsp3) is 0.500. The molecule has 1 N–H and O–H groups in total. The van der Waals surface area contributed by atoms with Crippen LogP contribution in [0.25, 0.3) is 0 Å². The van der Waals surface area contributed by atoms with Gasteiger partial charge in [0, 0.05) is 18.2 Å². The van der Waals surface area contributed by atoms with Gasteiger partial charge in [0.05, 0.1) is 7.11 Å². The van der Waals surface area contributed by atoms with Crippen LogP contribution in [0, 0.1) is 0 Å². The van der Waals surface area contributed by atoms with E-state index in [4.69, 9.17) is 4.74 Å². The summed E-state index contributed by atoms with van der Waals surface area (Å²) in [5.41, 5.74) is 0.516. The van der Waals surface area contributed by atoms with Crippen LogP contribution in [0.4, 0.5) is 0 Å². The summed E-state index contributed by atoms with van der Waals surface area (Å²) < 4.78 is 4.97. The summed E-state index contributed by atoms with van der Waals surface area (Å²) in [5, 5.41) is 9.71. The molecule has 1 aliphatic heterocycles. The third-order valence-corrected chi connectivity index (χ3v) is 3.49. The summed E-state index contributed by atoms with van der Waals surface area (Å²) in [7, 11) is 1.49. The predicted octanol–water partition coefficient (Wildman–Crippen LogP) is 2.42. The van der Waals surface area contributed by atoms with Crippen LogP contribution in [-0.4, -0.2) is 35.6 Å². The number of nitrogens with zero attached hydrogens (tertiary/aromatic N) is 1. The molecule has 4 nitrogen and oxygen atoms in total. The lowest BCUT2D eigenvalue weighted by Gasteiger charge is -2.33. The number of carbonyl (C=O) groups excluding carboxylic acids is 1. The third-order valence-electron chi connectivity index (χ3n) is 3.49. The first-order valence-electron chi connectivity index (χ1n) is 6.31. The van der Waals surface area contributed by atoms with Gasteiger partial charge in [-0.3, -0.25) is 4.79 Å². The monoisotopic (exact) mass is 249 g/mol. The molecule has 0 aliphatic carbocycles. The van der Waals surface area contributed by atoms with Gasteiger partial charge >= 0.3 is 0 Å². The van der Waals surface area contributed by atoms with E-state index >= 15 is 0 Å². The standard InChI is InChI=1S/C14H19NO3/c1-10-5-3-4-8-15(10)14(17)11-6-7-13(18-2)12(16)9-11/h6-7,9-10,16H,3-5,8H2,1-2H3. The third kappa shape index (κ3) is 2.42. The van der Waals surface area contributed by atoms with E-state index in [1.807, 2.05) is 4.90 Å². The minimum absolute atomic E-state index is 0.00742. The number of phenols is 1. The van der Waals surface area contributed by atoms with E-state index in [0.717, 1.165) is 19.4 Å². The first-order valence-corrected chi connectivity index (χ1v) is 6.31. The molecule has 1 aromatic carbocycles. The zero-order valence-electron chi connectivity index (χ0n) is 10.8. The van der Waals surface area contributed by atoms with Crippen LogP contribution in [0.5, 0.6) is 11.5 Å². The summed E-state index contributed by atoms with van der Waals surface area (Å²) >= 11 is 0. The zero-order chi connectivity index (χ0) is 13.1. The Bertz CT molecular complexity index is 445. The van der Waals surface area contributed by atoms with Crippen molar-refractivity contribution in [2.45, 2.75) is 32.2 Å². The Morgan fingerprint density at radius 3 is 2.83 bits per heavy atom. The van der Waals surface area contributed by atoms with E-state index in [0.29, 0.717) is 11.3 Å². The average Bonchev–Trinajstić information content (AvgIpc) is 2.38. The van der Waals surface area contributed by atoms with E-state index in [1.54, 1.807) is 12.1 Å². The van der Waals surface area contributed by atoms with Crippen molar-refractivity contribution in [2.75, 3.05) is 13.7 Å². The first kappa shape index (κ1) is 12.7. The van der Waals surface area contributed by atoms with Crippen LogP contribution in [-0.2, 0) is 0 Å². The maximum Gasteiger partial charge on any atom is 0.254 e. The van der Waals surface area contributed by atoms with Crippen molar-refractivity contribution < 1.29 is 14.6 Å². The van der Waals surface area contributed by atoms with Crippen LogP contribution in [0.2, 0.25) is 0 Å². The molecule has 0 spiro atoms. The lowest BCUT2D eigenvalue weighted by Crippen LogP contribution is -2.41. The van der Waals surface area contributed by atoms with Crippen LogP contribution >= 0.6 is 0 Å². The predicted molar refractivity (Wildman–Crippen MR) is 69.0 cm³/mol. The van der Waals surface area contributed by atoms with Crippen LogP contribution in [0.1, 0.15) is 36.5 Å². The van der Waals surface area contributed by atoms with Gasteiger partial charge in [-0.15, -0.1) is 0 Å². The van der Waals surface area contributed by atoms with Gasteiger partial charge in [0.2, 0.25) is 0 Å². The molecule has 4 heteroatoms. The summed E-state index contributed by atoms with van der Waals surface area (Å²) in [6.07, 6.45) is 3.28. The molecule has 1 heterocycles. The Balaban J connectivity index is 2.20. The molecule has 2 rings (SSSR count). The van der Waals surface area contributed by atoms with Crippen LogP contribution in [0.15, 0.2) is 18.2 Å². The number of hydrogen-bond donors (Lipinski definition) is 1. The van der Waals surface area contributed by atoms with Crippen molar-refractivity contribution in [2.24, 2.45) is 0 Å². The molecule has 1 unspecified atom stereocenters. The Morgan fingerprint density at radius 1 is 1.44 bits per heavy atom. The van der Waals surface area contributed by atoms with Gasteiger partial charge in [0.15, 0.2) is 11.5 Å². The second-order valence-electron chi connectivity index (χ2n) is 4.73. The summed E-state index contributed by atoms with van der Waals surface area (Å²) in [5.74, 6) is 0.381. The number of methoxy groups -OCH3 is 1. The molecular weight excluding hydrogens is 230 g/mol. The number of piperidine rings is 1. The number of rotatable bonds is 2. The van der Waals surface area contributed by atoms with Gasteiger partial charge in [-0.25, -0.2) is 0 Å². The number of likely N-dealkylation sites (tertiary alicyclic amines) is 1. The highest BCUT2D eigenvalue weighted by Gasteiger charge is 2.24. The second-order valence-corrected chi connectivity index (χ2v) is 4.73. The largest absolute Gasteiger partial charge is 0.504 e. The van der Waals surface area contributed by atoms with Gasteiger partial charge in [0.25, 0.3) is 5.91 Å². The molecular formula is C14H19NO3. The van der Waals surface area contributed by atoms with Crippen molar-refractivity contribution in [1.82, 2.24) is 4.90 Å². The average molecular weight is 249 g/mol. The van der Waals surface area contributed by atoms with E-state index in [-0.39, 0.29) is 17.7 Å². The SMILES string of the molecule is COc1ccc(C(=O)N2CCCCC2C)cc1O. The normalized spacial score (nSPS) is 19.7. The highest BCUT2D eigenvalue weighted by atomic mass is 16.5. The smallest absolute Gasteiger partial charge is 0.254 e. The van der Waals surface area contributed by atoms with Crippen LogP contribution in [0.3, 0.4) is 0 Å². The van der Waals surface area contributed by atoms with Crippen molar-refractivity contribution >= 4 is 5.91 Å². The topological polar surface area (TPSA) is 49.8 Å². The summed E-state index contributed by atoms with van der Waals surface area (Å²) in [6.45, 7) is 2.87. The van der Waals surface area contributed by atoms with Crippen molar-refractivity contribution in [3.05, 3.63) is 23.8 Å². The molecule has 1 saturated heterocycles. The molecule has 18 heavy (non-hydrogen) atoms. The summed E-state index contributed by atoms with van der Waals surface area (Å²) in [4.78, 5) is 14.2. The quantitative estimate of drug-likeness (QED) is 0.875. The summed E-state index contributed by atoms with van der Waals surface area (Å²) in [6, 6.07) is 5.07. The maximum absolute atomic E-state index is 12.3. The first-order chi connectivity index (χ1) is 8.63. The molecule has 1 aliphatic rings. The Kier molecular flexibility index (Phi) is 3.75. The Hall–Kier alpha value is -1.71.